The molecule has 0 aromatic carbocycles. The van der Waals surface area contributed by atoms with Crippen molar-refractivity contribution in [1.82, 2.24) is 14.9 Å². The van der Waals surface area contributed by atoms with Crippen LogP contribution in [0, 0.1) is 5.82 Å². The Morgan fingerprint density at radius 2 is 2.12 bits per heavy atom. The number of halogens is 1. The summed E-state index contributed by atoms with van der Waals surface area (Å²) in [5.41, 5.74) is 7.86. The zero-order chi connectivity index (χ0) is 16.9. The molecular formula is C18H23FN4O. The molecule has 128 valence electrons. The van der Waals surface area contributed by atoms with E-state index in [-0.39, 0.29) is 18.0 Å². The van der Waals surface area contributed by atoms with Gasteiger partial charge in [-0.25, -0.2) is 4.39 Å². The third-order valence-electron chi connectivity index (χ3n) is 4.54. The van der Waals surface area contributed by atoms with Crippen LogP contribution in [0.1, 0.15) is 30.9 Å². The lowest BCUT2D eigenvalue weighted by Gasteiger charge is -2.30. The molecule has 0 spiro atoms. The molecule has 0 radical (unpaired) electrons. The molecule has 0 saturated carbocycles. The Bertz CT molecular complexity index is 659. The Balaban J connectivity index is 1.61. The lowest BCUT2D eigenvalue weighted by molar-refractivity contribution is 0.0812. The molecule has 24 heavy (non-hydrogen) atoms. The van der Waals surface area contributed by atoms with Crippen LogP contribution in [-0.4, -0.2) is 45.7 Å². The molecule has 2 aromatic rings. The highest BCUT2D eigenvalue weighted by molar-refractivity contribution is 5.58. The van der Waals surface area contributed by atoms with E-state index in [0.29, 0.717) is 16.8 Å². The summed E-state index contributed by atoms with van der Waals surface area (Å²) >= 11 is 0. The van der Waals surface area contributed by atoms with E-state index in [0.717, 1.165) is 38.9 Å². The van der Waals surface area contributed by atoms with Gasteiger partial charge in [-0.3, -0.25) is 9.97 Å². The molecule has 2 aromatic heterocycles. The highest BCUT2D eigenvalue weighted by atomic mass is 19.1. The number of nitrogens with two attached hydrogens (primary N) is 1. The molecule has 0 amide bonds. The average molecular weight is 330 g/mol. The van der Waals surface area contributed by atoms with Crippen molar-refractivity contribution in [3.8, 4) is 11.3 Å². The van der Waals surface area contributed by atoms with Gasteiger partial charge in [-0.05, 0) is 49.6 Å². The monoisotopic (exact) mass is 330 g/mol. The second-order valence-electron chi connectivity index (χ2n) is 6.31. The molecule has 3 heterocycles. The Hall–Kier alpha value is -1.89. The van der Waals surface area contributed by atoms with Crippen molar-refractivity contribution in [3.63, 3.8) is 0 Å². The zero-order valence-electron chi connectivity index (χ0n) is 13.6. The Kier molecular flexibility index (Phi) is 5.50. The minimum atomic E-state index is -0.378. The number of hydrogen-bond donors (Lipinski definition) is 2. The molecule has 1 fully saturated rings. The maximum atomic E-state index is 14.4. The van der Waals surface area contributed by atoms with E-state index >= 15 is 0 Å². The van der Waals surface area contributed by atoms with Gasteiger partial charge < -0.3 is 15.7 Å². The predicted molar refractivity (Wildman–Crippen MR) is 90.7 cm³/mol. The number of aliphatic hydroxyl groups is 1. The second kappa shape index (κ2) is 7.79. The molecule has 5 nitrogen and oxygen atoms in total. The molecule has 3 N–H and O–H groups in total. The molecule has 1 saturated heterocycles. The number of piperidine rings is 1. The maximum absolute atomic E-state index is 14.4. The molecule has 0 unspecified atom stereocenters. The fourth-order valence-electron chi connectivity index (χ4n) is 3.00. The van der Waals surface area contributed by atoms with Crippen molar-refractivity contribution in [1.29, 1.82) is 0 Å². The third-order valence-corrected chi connectivity index (χ3v) is 4.54. The first kappa shape index (κ1) is 17.0. The van der Waals surface area contributed by atoms with E-state index in [4.69, 9.17) is 5.73 Å². The number of rotatable bonds is 5. The van der Waals surface area contributed by atoms with Gasteiger partial charge in [-0.2, -0.15) is 0 Å². The van der Waals surface area contributed by atoms with Gasteiger partial charge in [0, 0.05) is 43.3 Å². The van der Waals surface area contributed by atoms with E-state index in [1.165, 1.54) is 6.07 Å². The van der Waals surface area contributed by atoms with Crippen molar-refractivity contribution in [2.45, 2.75) is 31.4 Å². The highest BCUT2D eigenvalue weighted by Gasteiger charge is 2.18. The van der Waals surface area contributed by atoms with Crippen LogP contribution in [0.4, 0.5) is 4.39 Å². The van der Waals surface area contributed by atoms with Gasteiger partial charge in [0.2, 0.25) is 0 Å². The number of hydrogen-bond acceptors (Lipinski definition) is 5. The van der Waals surface area contributed by atoms with Crippen LogP contribution in [-0.2, 0) is 0 Å². The largest absolute Gasteiger partial charge is 0.393 e. The highest BCUT2D eigenvalue weighted by Crippen LogP contribution is 2.23. The Morgan fingerprint density at radius 3 is 2.79 bits per heavy atom. The van der Waals surface area contributed by atoms with Gasteiger partial charge in [0.05, 0.1) is 6.10 Å². The maximum Gasteiger partial charge on any atom is 0.149 e. The molecule has 1 aliphatic rings. The summed E-state index contributed by atoms with van der Waals surface area (Å²) in [6, 6.07) is 4.76. The number of likely N-dealkylation sites (tertiary alicyclic amines) is 1. The van der Waals surface area contributed by atoms with Crippen molar-refractivity contribution in [2.75, 3.05) is 19.6 Å². The molecule has 1 atom stereocenters. The van der Waals surface area contributed by atoms with Gasteiger partial charge in [0.15, 0.2) is 0 Å². The lowest BCUT2D eigenvalue weighted by atomic mass is 10.0. The van der Waals surface area contributed by atoms with Crippen LogP contribution in [0.25, 0.3) is 11.3 Å². The van der Waals surface area contributed by atoms with Crippen LogP contribution in [0.3, 0.4) is 0 Å². The molecular weight excluding hydrogens is 307 g/mol. The van der Waals surface area contributed by atoms with Crippen LogP contribution >= 0.6 is 0 Å². The van der Waals surface area contributed by atoms with Crippen molar-refractivity contribution < 1.29 is 9.50 Å². The number of aromatic nitrogens is 2. The number of aliphatic hydroxyl groups excluding tert-OH is 1. The van der Waals surface area contributed by atoms with Gasteiger partial charge in [-0.15, -0.1) is 0 Å². The number of pyridine rings is 2. The first-order chi connectivity index (χ1) is 11.6. The van der Waals surface area contributed by atoms with Gasteiger partial charge in [0.25, 0.3) is 0 Å². The van der Waals surface area contributed by atoms with Crippen LogP contribution in [0.5, 0.6) is 0 Å². The predicted octanol–water partition coefficient (Wildman–Crippen LogP) is 2.13. The van der Waals surface area contributed by atoms with E-state index in [2.05, 4.69) is 14.9 Å². The molecule has 0 bridgehead atoms. The van der Waals surface area contributed by atoms with E-state index in [1.54, 1.807) is 30.7 Å². The first-order valence-corrected chi connectivity index (χ1v) is 8.35. The summed E-state index contributed by atoms with van der Waals surface area (Å²) < 4.78 is 14.4. The number of nitrogens with zero attached hydrogens (tertiary/aromatic N) is 3. The summed E-state index contributed by atoms with van der Waals surface area (Å²) in [5.74, 6) is -0.378. The fraction of sp³-hybridized carbons (Fsp3) is 0.444. The van der Waals surface area contributed by atoms with E-state index in [9.17, 15) is 9.50 Å². The molecule has 6 heteroatoms. The lowest BCUT2D eigenvalue weighted by Crippen LogP contribution is -2.37. The summed E-state index contributed by atoms with van der Waals surface area (Å²) in [4.78, 5) is 10.5. The smallest absolute Gasteiger partial charge is 0.149 e. The molecule has 3 rings (SSSR count). The van der Waals surface area contributed by atoms with Gasteiger partial charge >= 0.3 is 0 Å². The topological polar surface area (TPSA) is 75.3 Å². The Morgan fingerprint density at radius 1 is 1.33 bits per heavy atom. The normalized spacial score (nSPS) is 17.8. The van der Waals surface area contributed by atoms with E-state index < -0.39 is 0 Å². The average Bonchev–Trinajstić information content (AvgIpc) is 2.61. The third kappa shape index (κ3) is 4.14. The summed E-state index contributed by atoms with van der Waals surface area (Å²) in [7, 11) is 0. The Labute approximate surface area is 141 Å². The molecule has 1 aliphatic heterocycles. The van der Waals surface area contributed by atoms with Crippen molar-refractivity contribution >= 4 is 0 Å². The summed E-state index contributed by atoms with van der Waals surface area (Å²) in [5, 5.41) is 9.53. The van der Waals surface area contributed by atoms with Crippen LogP contribution in [0.15, 0.2) is 36.8 Å². The molecule has 0 aliphatic carbocycles. The van der Waals surface area contributed by atoms with Gasteiger partial charge in [-0.1, -0.05) is 0 Å². The fourth-order valence-corrected chi connectivity index (χ4v) is 3.00. The van der Waals surface area contributed by atoms with E-state index in [1.807, 2.05) is 0 Å². The second-order valence-corrected chi connectivity index (χ2v) is 6.31. The van der Waals surface area contributed by atoms with Crippen molar-refractivity contribution in [3.05, 3.63) is 48.2 Å². The minimum absolute atomic E-state index is 0.173. The zero-order valence-corrected chi connectivity index (χ0v) is 13.6. The minimum Gasteiger partial charge on any atom is -0.393 e. The van der Waals surface area contributed by atoms with Gasteiger partial charge in [0.1, 0.15) is 11.5 Å². The first-order valence-electron chi connectivity index (χ1n) is 8.35. The van der Waals surface area contributed by atoms with Crippen LogP contribution < -0.4 is 5.73 Å². The summed E-state index contributed by atoms with van der Waals surface area (Å²) in [6.45, 7) is 2.63. The SMILES string of the molecule is N[C@H](CCN1CCC(O)CC1)c1cnc(-c2cccnc2)c(F)c1. The standard InChI is InChI=1S/C18H23FN4O/c19-16-10-14(12-22-18(16)13-2-1-6-21-11-13)17(20)5-9-23-7-3-15(24)4-8-23/h1-2,6,10-12,15,17,24H,3-5,7-9,20H2/t17-/m1/s1. The van der Waals surface area contributed by atoms with Crippen LogP contribution in [0.2, 0.25) is 0 Å². The summed E-state index contributed by atoms with van der Waals surface area (Å²) in [6.07, 6.45) is 7.07. The van der Waals surface area contributed by atoms with Crippen molar-refractivity contribution in [2.24, 2.45) is 5.73 Å². The quantitative estimate of drug-likeness (QED) is 0.878.